The maximum atomic E-state index is 11.8. The monoisotopic (exact) mass is 321 g/mol. The number of H-pyrrole nitrogens is 1. The molecule has 1 unspecified atom stereocenters. The number of carbonyl (C=O) groups excluding carboxylic acids is 1. The maximum absolute atomic E-state index is 11.8. The van der Waals surface area contributed by atoms with Crippen molar-refractivity contribution >= 4 is 23.6 Å². The van der Waals surface area contributed by atoms with Crippen LogP contribution in [-0.2, 0) is 4.79 Å². The summed E-state index contributed by atoms with van der Waals surface area (Å²) in [4.78, 5) is 15.7. The molecule has 1 aromatic carbocycles. The molecule has 0 aliphatic carbocycles. The number of aromatic amines is 1. The Morgan fingerprint density at radius 3 is 3.05 bits per heavy atom. The van der Waals surface area contributed by atoms with Gasteiger partial charge in [-0.2, -0.15) is 4.98 Å². The standard InChI is InChI=1S/C13H15N5O3S/c14-12-16-13(18-17-12)22-7-11(19)15-5-8-6-20-9-3-1-2-4-10(9)21-8/h1-4,8H,5-7H2,(H,15,19)(H3,14,16,17,18). The number of para-hydroxylation sites is 2. The van der Waals surface area contributed by atoms with Crippen molar-refractivity contribution in [2.24, 2.45) is 0 Å². The van der Waals surface area contributed by atoms with E-state index in [-0.39, 0.29) is 23.7 Å². The molecule has 1 aliphatic rings. The summed E-state index contributed by atoms with van der Waals surface area (Å²) in [6.45, 7) is 0.783. The van der Waals surface area contributed by atoms with Crippen molar-refractivity contribution in [3.63, 3.8) is 0 Å². The highest BCUT2D eigenvalue weighted by Crippen LogP contribution is 2.30. The zero-order chi connectivity index (χ0) is 15.4. The van der Waals surface area contributed by atoms with Gasteiger partial charge in [-0.3, -0.25) is 4.79 Å². The number of nitrogen functional groups attached to an aromatic ring is 1. The van der Waals surface area contributed by atoms with Crippen molar-refractivity contribution in [1.82, 2.24) is 20.5 Å². The quantitative estimate of drug-likeness (QED) is 0.684. The fourth-order valence-electron chi connectivity index (χ4n) is 1.90. The molecule has 1 atom stereocenters. The zero-order valence-electron chi connectivity index (χ0n) is 11.6. The van der Waals surface area contributed by atoms with E-state index in [0.29, 0.717) is 24.1 Å². The highest BCUT2D eigenvalue weighted by Gasteiger charge is 2.21. The molecule has 1 amide bonds. The molecular weight excluding hydrogens is 306 g/mol. The minimum absolute atomic E-state index is 0.129. The summed E-state index contributed by atoms with van der Waals surface area (Å²) in [6.07, 6.45) is -0.206. The predicted octanol–water partition coefficient (Wildman–Crippen LogP) is 0.435. The molecule has 8 nitrogen and oxygen atoms in total. The highest BCUT2D eigenvalue weighted by atomic mass is 32.2. The number of amides is 1. The van der Waals surface area contributed by atoms with E-state index in [1.54, 1.807) is 0 Å². The van der Waals surface area contributed by atoms with Crippen LogP contribution in [0.4, 0.5) is 5.95 Å². The largest absolute Gasteiger partial charge is 0.486 e. The van der Waals surface area contributed by atoms with Crippen molar-refractivity contribution in [1.29, 1.82) is 0 Å². The summed E-state index contributed by atoms with van der Waals surface area (Å²) in [5.74, 6) is 1.73. The Bertz CT molecular complexity index is 663. The predicted molar refractivity (Wildman–Crippen MR) is 80.9 cm³/mol. The number of nitrogens with two attached hydrogens (primary N) is 1. The summed E-state index contributed by atoms with van der Waals surface area (Å²) in [6, 6.07) is 7.45. The third kappa shape index (κ3) is 3.61. The Morgan fingerprint density at radius 2 is 2.27 bits per heavy atom. The van der Waals surface area contributed by atoms with Gasteiger partial charge in [0.1, 0.15) is 12.7 Å². The Hall–Kier alpha value is -2.42. The molecule has 0 radical (unpaired) electrons. The van der Waals surface area contributed by atoms with E-state index >= 15 is 0 Å². The van der Waals surface area contributed by atoms with E-state index in [1.165, 1.54) is 11.8 Å². The molecule has 0 saturated carbocycles. The topological polar surface area (TPSA) is 115 Å². The molecule has 22 heavy (non-hydrogen) atoms. The number of rotatable bonds is 5. The van der Waals surface area contributed by atoms with Gasteiger partial charge in [0.05, 0.1) is 12.3 Å². The first-order valence-electron chi connectivity index (χ1n) is 6.66. The Labute approximate surface area is 130 Å². The number of carbonyl (C=O) groups is 1. The minimum atomic E-state index is -0.206. The number of aromatic nitrogens is 3. The van der Waals surface area contributed by atoms with Crippen LogP contribution in [0, 0.1) is 0 Å². The van der Waals surface area contributed by atoms with Crippen molar-refractivity contribution in [2.45, 2.75) is 11.3 Å². The molecule has 3 rings (SSSR count). The molecule has 2 aromatic rings. The van der Waals surface area contributed by atoms with Crippen LogP contribution in [0.3, 0.4) is 0 Å². The lowest BCUT2D eigenvalue weighted by atomic mass is 10.2. The summed E-state index contributed by atoms with van der Waals surface area (Å²) in [5.41, 5.74) is 5.41. The second-order valence-corrected chi connectivity index (χ2v) is 5.54. The molecule has 9 heteroatoms. The maximum Gasteiger partial charge on any atom is 0.230 e. The van der Waals surface area contributed by atoms with Crippen LogP contribution in [0.5, 0.6) is 11.5 Å². The van der Waals surface area contributed by atoms with Gasteiger partial charge in [0, 0.05) is 0 Å². The van der Waals surface area contributed by atoms with Crippen LogP contribution in [0.25, 0.3) is 0 Å². The van der Waals surface area contributed by atoms with Crippen molar-refractivity contribution in [3.05, 3.63) is 24.3 Å². The Morgan fingerprint density at radius 1 is 1.45 bits per heavy atom. The van der Waals surface area contributed by atoms with E-state index in [0.717, 1.165) is 5.75 Å². The average Bonchev–Trinajstić information content (AvgIpc) is 2.96. The molecule has 0 saturated heterocycles. The fourth-order valence-corrected chi connectivity index (χ4v) is 2.53. The normalized spacial score (nSPS) is 16.3. The minimum Gasteiger partial charge on any atom is -0.486 e. The Kier molecular flexibility index (Phi) is 4.33. The van der Waals surface area contributed by atoms with Gasteiger partial charge in [0.2, 0.25) is 17.0 Å². The molecule has 1 aromatic heterocycles. The van der Waals surface area contributed by atoms with Crippen LogP contribution < -0.4 is 20.5 Å². The van der Waals surface area contributed by atoms with Crippen LogP contribution in [0.15, 0.2) is 29.4 Å². The van der Waals surface area contributed by atoms with Crippen molar-refractivity contribution < 1.29 is 14.3 Å². The molecule has 2 heterocycles. The summed E-state index contributed by atoms with van der Waals surface area (Å²) >= 11 is 1.21. The number of thioether (sulfide) groups is 1. The van der Waals surface area contributed by atoms with E-state index in [1.807, 2.05) is 24.3 Å². The van der Waals surface area contributed by atoms with Crippen LogP contribution >= 0.6 is 11.8 Å². The average molecular weight is 321 g/mol. The second-order valence-electron chi connectivity index (χ2n) is 4.59. The molecule has 1 aliphatic heterocycles. The highest BCUT2D eigenvalue weighted by molar-refractivity contribution is 7.99. The van der Waals surface area contributed by atoms with Gasteiger partial charge < -0.3 is 20.5 Å². The molecule has 4 N–H and O–H groups in total. The van der Waals surface area contributed by atoms with Gasteiger partial charge in [-0.25, -0.2) is 5.10 Å². The van der Waals surface area contributed by atoms with Crippen molar-refractivity contribution in [3.8, 4) is 11.5 Å². The number of hydrogen-bond acceptors (Lipinski definition) is 7. The molecular formula is C13H15N5O3S. The lowest BCUT2D eigenvalue weighted by Crippen LogP contribution is -2.41. The van der Waals surface area contributed by atoms with E-state index in [9.17, 15) is 4.79 Å². The number of benzene rings is 1. The van der Waals surface area contributed by atoms with Crippen LogP contribution in [0.2, 0.25) is 0 Å². The SMILES string of the molecule is Nc1nc(SCC(=O)NCC2COc3ccccc3O2)n[nH]1. The lowest BCUT2D eigenvalue weighted by molar-refractivity contribution is -0.119. The van der Waals surface area contributed by atoms with Gasteiger partial charge in [-0.1, -0.05) is 23.9 Å². The number of ether oxygens (including phenoxy) is 2. The third-order valence-electron chi connectivity index (χ3n) is 2.91. The van der Waals surface area contributed by atoms with E-state index < -0.39 is 0 Å². The number of hydrogen-bond donors (Lipinski definition) is 3. The van der Waals surface area contributed by atoms with Crippen LogP contribution in [0.1, 0.15) is 0 Å². The van der Waals surface area contributed by atoms with Gasteiger partial charge in [0.15, 0.2) is 11.5 Å². The fraction of sp³-hybridized carbons (Fsp3) is 0.308. The first-order valence-corrected chi connectivity index (χ1v) is 7.65. The first kappa shape index (κ1) is 14.5. The van der Waals surface area contributed by atoms with Crippen LogP contribution in [-0.4, -0.2) is 46.1 Å². The molecule has 0 spiro atoms. The lowest BCUT2D eigenvalue weighted by Gasteiger charge is -2.26. The second kappa shape index (κ2) is 6.56. The smallest absolute Gasteiger partial charge is 0.230 e. The molecule has 0 bridgehead atoms. The number of fused-ring (bicyclic) bond motifs is 1. The third-order valence-corrected chi connectivity index (χ3v) is 3.76. The molecule has 0 fully saturated rings. The zero-order valence-corrected chi connectivity index (χ0v) is 12.4. The molecule has 116 valence electrons. The van der Waals surface area contributed by atoms with Gasteiger partial charge in [-0.05, 0) is 12.1 Å². The first-order chi connectivity index (χ1) is 10.7. The van der Waals surface area contributed by atoms with E-state index in [4.69, 9.17) is 15.2 Å². The number of nitrogens with one attached hydrogen (secondary N) is 2. The summed E-state index contributed by atoms with van der Waals surface area (Å²) in [5, 5.41) is 9.59. The number of anilines is 1. The Balaban J connectivity index is 1.42. The van der Waals surface area contributed by atoms with E-state index in [2.05, 4.69) is 20.5 Å². The van der Waals surface area contributed by atoms with Gasteiger partial charge >= 0.3 is 0 Å². The van der Waals surface area contributed by atoms with Gasteiger partial charge in [0.25, 0.3) is 0 Å². The number of nitrogens with zero attached hydrogens (tertiary/aromatic N) is 2. The van der Waals surface area contributed by atoms with Crippen molar-refractivity contribution in [2.75, 3.05) is 24.6 Å². The van der Waals surface area contributed by atoms with Gasteiger partial charge in [-0.15, -0.1) is 5.10 Å². The summed E-state index contributed by atoms with van der Waals surface area (Å²) in [7, 11) is 0. The summed E-state index contributed by atoms with van der Waals surface area (Å²) < 4.78 is 11.3.